The van der Waals surface area contributed by atoms with Crippen LogP contribution in [0.15, 0.2) is 42.5 Å². The van der Waals surface area contributed by atoms with E-state index in [4.69, 9.17) is 17.0 Å². The Morgan fingerprint density at radius 3 is 2.13 bits per heavy atom. The third kappa shape index (κ3) is 6.96. The van der Waals surface area contributed by atoms with Gasteiger partial charge in [-0.1, -0.05) is 72.8 Å². The van der Waals surface area contributed by atoms with E-state index in [1.54, 1.807) is 0 Å². The molecule has 0 heterocycles. The van der Waals surface area contributed by atoms with E-state index in [1.807, 2.05) is 37.3 Å². The Morgan fingerprint density at radius 1 is 1.00 bits per heavy atom. The molecule has 2 aromatic carbocycles. The van der Waals surface area contributed by atoms with E-state index in [0.717, 1.165) is 17.0 Å². The van der Waals surface area contributed by atoms with Crippen molar-refractivity contribution in [2.24, 2.45) is 0 Å². The Labute approximate surface area is 191 Å². The summed E-state index contributed by atoms with van der Waals surface area (Å²) in [5, 5.41) is 2.95. The molecular weight excluding hydrogens is 406 g/mol. The van der Waals surface area contributed by atoms with E-state index in [9.17, 15) is 4.79 Å². The summed E-state index contributed by atoms with van der Waals surface area (Å²) in [5.74, 6) is 0.591. The topological polar surface area (TPSA) is 62.4 Å². The molecule has 0 spiro atoms. The molecule has 0 fully saturated rings. The molecule has 0 bridgehead atoms. The lowest BCUT2D eigenvalue weighted by Gasteiger charge is -2.28. The summed E-state index contributed by atoms with van der Waals surface area (Å²) in [5.41, 5.74) is 10.9. The fourth-order valence-corrected chi connectivity index (χ4v) is 3.19. The number of hydrogen-bond acceptors (Lipinski definition) is 4. The van der Waals surface area contributed by atoms with Gasteiger partial charge in [0.05, 0.1) is 11.2 Å². The second-order valence-electron chi connectivity index (χ2n) is 9.68. The van der Waals surface area contributed by atoms with Gasteiger partial charge in [0.25, 0.3) is 5.91 Å². The van der Waals surface area contributed by atoms with Crippen LogP contribution in [0.4, 0.5) is 11.4 Å². The maximum Gasteiger partial charge on any atom is 0.265 e. The normalized spacial score (nSPS) is 12.6. The van der Waals surface area contributed by atoms with Crippen molar-refractivity contribution in [2.75, 3.05) is 10.7 Å². The van der Waals surface area contributed by atoms with Crippen molar-refractivity contribution in [1.82, 2.24) is 5.43 Å². The average molecular weight is 442 g/mol. The molecule has 5 nitrogen and oxygen atoms in total. The van der Waals surface area contributed by atoms with Crippen molar-refractivity contribution in [3.8, 4) is 5.75 Å². The van der Waals surface area contributed by atoms with Crippen LogP contribution in [0, 0.1) is 0 Å². The average Bonchev–Trinajstić information content (AvgIpc) is 2.70. The summed E-state index contributed by atoms with van der Waals surface area (Å²) in [6.45, 7) is 15.0. The third-order valence-electron chi connectivity index (χ3n) is 5.01. The Hall–Kier alpha value is -2.60. The summed E-state index contributed by atoms with van der Waals surface area (Å²) >= 11 is 4.72. The van der Waals surface area contributed by atoms with Gasteiger partial charge >= 0.3 is 0 Å². The lowest BCUT2D eigenvalue weighted by molar-refractivity contribution is -0.122. The molecule has 0 aliphatic carbocycles. The quantitative estimate of drug-likeness (QED) is 0.349. The minimum absolute atomic E-state index is 0.0416. The number of carbonyl (C=O) groups is 1. The van der Waals surface area contributed by atoms with Crippen molar-refractivity contribution < 1.29 is 9.53 Å². The molecule has 2 aromatic rings. The van der Waals surface area contributed by atoms with Gasteiger partial charge in [0.1, 0.15) is 5.75 Å². The largest absolute Gasteiger partial charge is 0.480 e. The molecule has 0 aliphatic rings. The number of carbonyl (C=O) groups excluding carboxylic acids is 1. The van der Waals surface area contributed by atoms with Crippen LogP contribution in [0.1, 0.15) is 66.0 Å². The van der Waals surface area contributed by atoms with Crippen LogP contribution in [0.25, 0.3) is 0 Å². The standard InChI is InChI=1S/C25H35N3O2S/c1-8-21(23(29)27-18-10-12-19(13-11-18)28-26-16-31)30-22-14-9-17(24(2,3)4)15-20(22)25(5,6)7/h9-16,21,28H,8H2,1-7H3,(H,26,31)(H,27,29). The van der Waals surface area contributed by atoms with Crippen LogP contribution in [-0.2, 0) is 15.6 Å². The fourth-order valence-electron chi connectivity index (χ4n) is 3.13. The zero-order chi connectivity index (χ0) is 23.2. The van der Waals surface area contributed by atoms with E-state index < -0.39 is 6.10 Å². The molecule has 0 saturated heterocycles. The van der Waals surface area contributed by atoms with Gasteiger partial charge in [0, 0.05) is 5.69 Å². The number of rotatable bonds is 8. The Bertz CT molecular complexity index is 896. The second kappa shape index (κ2) is 10.1. The van der Waals surface area contributed by atoms with Gasteiger partial charge < -0.3 is 15.5 Å². The van der Waals surface area contributed by atoms with E-state index in [2.05, 4.69) is 69.8 Å². The summed E-state index contributed by atoms with van der Waals surface area (Å²) in [6.07, 6.45) is -0.0230. The highest BCUT2D eigenvalue weighted by atomic mass is 32.1. The first-order valence-corrected chi connectivity index (χ1v) is 11.1. The highest BCUT2D eigenvalue weighted by Gasteiger charge is 2.26. The number of thiocarbonyl (C=S) groups is 1. The zero-order valence-electron chi connectivity index (χ0n) is 19.6. The molecule has 1 unspecified atom stereocenters. The highest BCUT2D eigenvalue weighted by molar-refractivity contribution is 7.78. The molecule has 0 aromatic heterocycles. The van der Waals surface area contributed by atoms with Crippen molar-refractivity contribution in [3.05, 3.63) is 53.6 Å². The number of amides is 1. The lowest BCUT2D eigenvalue weighted by atomic mass is 9.80. The van der Waals surface area contributed by atoms with E-state index in [-0.39, 0.29) is 16.7 Å². The van der Waals surface area contributed by atoms with Crippen LogP contribution in [0.5, 0.6) is 5.75 Å². The van der Waals surface area contributed by atoms with Crippen molar-refractivity contribution in [1.29, 1.82) is 0 Å². The number of hydrazine groups is 1. The molecule has 2 rings (SSSR count). The first-order valence-electron chi connectivity index (χ1n) is 10.6. The molecule has 168 valence electrons. The maximum atomic E-state index is 12.9. The first kappa shape index (κ1) is 24.7. The summed E-state index contributed by atoms with van der Waals surface area (Å²) in [6, 6.07) is 13.7. The third-order valence-corrected chi connectivity index (χ3v) is 5.13. The fraction of sp³-hybridized carbons (Fsp3) is 0.440. The van der Waals surface area contributed by atoms with Gasteiger partial charge in [0.15, 0.2) is 6.10 Å². The Kier molecular flexibility index (Phi) is 8.07. The highest BCUT2D eigenvalue weighted by Crippen LogP contribution is 2.36. The van der Waals surface area contributed by atoms with Gasteiger partial charge in [-0.2, -0.15) is 0 Å². The molecule has 31 heavy (non-hydrogen) atoms. The summed E-state index contributed by atoms with van der Waals surface area (Å²) in [4.78, 5) is 12.9. The van der Waals surface area contributed by atoms with Gasteiger partial charge in [-0.25, -0.2) is 0 Å². The molecule has 0 saturated carbocycles. The SMILES string of the molecule is CCC(Oc1ccc(C(C)(C)C)cc1C(C)(C)C)C(=O)Nc1ccc(NNC=S)cc1. The number of ether oxygens (including phenoxy) is 1. The monoisotopic (exact) mass is 441 g/mol. The predicted octanol–water partition coefficient (Wildman–Crippen LogP) is 5.95. The van der Waals surface area contributed by atoms with Crippen LogP contribution < -0.4 is 20.9 Å². The summed E-state index contributed by atoms with van der Waals surface area (Å²) in [7, 11) is 0. The van der Waals surface area contributed by atoms with Crippen LogP contribution in [-0.4, -0.2) is 17.5 Å². The molecule has 1 amide bonds. The van der Waals surface area contributed by atoms with Crippen LogP contribution >= 0.6 is 12.2 Å². The number of nitrogens with one attached hydrogen (secondary N) is 3. The van der Waals surface area contributed by atoms with Crippen LogP contribution in [0.2, 0.25) is 0 Å². The first-order chi connectivity index (χ1) is 14.5. The Morgan fingerprint density at radius 2 is 1.61 bits per heavy atom. The zero-order valence-corrected chi connectivity index (χ0v) is 20.4. The number of anilines is 2. The second-order valence-corrected chi connectivity index (χ2v) is 9.92. The molecule has 3 N–H and O–H groups in total. The molecule has 0 aliphatic heterocycles. The molecule has 6 heteroatoms. The Balaban J connectivity index is 2.19. The minimum Gasteiger partial charge on any atom is -0.480 e. The predicted molar refractivity (Wildman–Crippen MR) is 134 cm³/mol. The molecule has 1 atom stereocenters. The number of hydrogen-bond donors (Lipinski definition) is 3. The van der Waals surface area contributed by atoms with E-state index in [1.165, 1.54) is 11.1 Å². The van der Waals surface area contributed by atoms with Gasteiger partial charge in [-0.05, 0) is 58.7 Å². The maximum absolute atomic E-state index is 12.9. The van der Waals surface area contributed by atoms with Crippen LogP contribution in [0.3, 0.4) is 0 Å². The van der Waals surface area contributed by atoms with Gasteiger partial charge in [0.2, 0.25) is 0 Å². The van der Waals surface area contributed by atoms with Crippen molar-refractivity contribution >= 4 is 35.0 Å². The summed E-state index contributed by atoms with van der Waals surface area (Å²) < 4.78 is 6.25. The van der Waals surface area contributed by atoms with Crippen molar-refractivity contribution in [2.45, 2.75) is 71.8 Å². The number of benzene rings is 2. The van der Waals surface area contributed by atoms with Gasteiger partial charge in [-0.15, -0.1) is 0 Å². The molecule has 0 radical (unpaired) electrons. The van der Waals surface area contributed by atoms with Crippen molar-refractivity contribution in [3.63, 3.8) is 0 Å². The van der Waals surface area contributed by atoms with Gasteiger partial charge in [-0.3, -0.25) is 10.2 Å². The van der Waals surface area contributed by atoms with E-state index in [0.29, 0.717) is 12.1 Å². The molecular formula is C25H35N3O2S. The lowest BCUT2D eigenvalue weighted by Crippen LogP contribution is -2.33. The smallest absolute Gasteiger partial charge is 0.265 e. The minimum atomic E-state index is -0.587. The van der Waals surface area contributed by atoms with E-state index >= 15 is 0 Å².